The van der Waals surface area contributed by atoms with Crippen LogP contribution in [0.4, 0.5) is 0 Å². The first kappa shape index (κ1) is 13.8. The lowest BCUT2D eigenvalue weighted by Crippen LogP contribution is -2.33. The molecule has 2 aliphatic carbocycles. The van der Waals surface area contributed by atoms with E-state index in [1.165, 1.54) is 35.7 Å². The fraction of sp³-hybridized carbons (Fsp3) is 0.643. The molecule has 5 nitrogen and oxygen atoms in total. The summed E-state index contributed by atoms with van der Waals surface area (Å²) in [7, 11) is -2.04. The second kappa shape index (κ2) is 5.00. The van der Waals surface area contributed by atoms with Crippen LogP contribution in [0.1, 0.15) is 36.2 Å². The molecule has 0 aromatic carbocycles. The lowest BCUT2D eigenvalue weighted by molar-refractivity contribution is 0.109. The molecule has 3 rings (SSSR count). The van der Waals surface area contributed by atoms with Crippen molar-refractivity contribution >= 4 is 16.3 Å². The minimum atomic E-state index is -3.62. The summed E-state index contributed by atoms with van der Waals surface area (Å²) in [6, 6.07) is 2.72. The largest absolute Gasteiger partial charge is 0.440 e. The van der Waals surface area contributed by atoms with Crippen molar-refractivity contribution in [1.82, 2.24) is 4.31 Å². The average Bonchev–Trinajstić information content (AvgIpc) is 3.14. The summed E-state index contributed by atoms with van der Waals surface area (Å²) >= 11 is 0. The molecule has 1 aromatic heterocycles. The second-order valence-electron chi connectivity index (χ2n) is 6.00. The fourth-order valence-corrected chi connectivity index (χ4v) is 4.85. The number of furan rings is 1. The van der Waals surface area contributed by atoms with E-state index in [0.717, 1.165) is 12.3 Å². The minimum absolute atomic E-state index is 0.0388. The average molecular weight is 297 g/mol. The van der Waals surface area contributed by atoms with Gasteiger partial charge >= 0.3 is 0 Å². The summed E-state index contributed by atoms with van der Waals surface area (Å²) < 4.78 is 31.2. The molecular weight excluding hydrogens is 278 g/mol. The zero-order valence-electron chi connectivity index (χ0n) is 11.5. The Bertz CT molecular complexity index is 606. The van der Waals surface area contributed by atoms with Gasteiger partial charge in [-0.15, -0.1) is 0 Å². The van der Waals surface area contributed by atoms with Crippen LogP contribution < -0.4 is 0 Å². The molecule has 110 valence electrons. The summed E-state index contributed by atoms with van der Waals surface area (Å²) in [6.45, 7) is 0.542. The smallest absolute Gasteiger partial charge is 0.276 e. The summed E-state index contributed by atoms with van der Waals surface area (Å²) in [5, 5.41) is -0.148. The van der Waals surface area contributed by atoms with Crippen LogP contribution in [0, 0.1) is 17.8 Å². The third-order valence-corrected chi connectivity index (χ3v) is 6.46. The number of hydrogen-bond acceptors (Lipinski definition) is 4. The Hall–Kier alpha value is -1.14. The van der Waals surface area contributed by atoms with Crippen LogP contribution in [0.25, 0.3) is 0 Å². The van der Waals surface area contributed by atoms with Crippen LogP contribution in [0.5, 0.6) is 0 Å². The van der Waals surface area contributed by atoms with Crippen molar-refractivity contribution in [3.63, 3.8) is 0 Å². The highest BCUT2D eigenvalue weighted by molar-refractivity contribution is 7.89. The molecule has 0 saturated heterocycles. The molecule has 0 amide bonds. The van der Waals surface area contributed by atoms with Gasteiger partial charge in [-0.05, 0) is 49.1 Å². The Kier molecular flexibility index (Phi) is 3.46. The zero-order valence-corrected chi connectivity index (χ0v) is 12.3. The highest BCUT2D eigenvalue weighted by Crippen LogP contribution is 2.48. The predicted octanol–water partition coefficient (Wildman–Crippen LogP) is 2.15. The van der Waals surface area contributed by atoms with Gasteiger partial charge in [0.1, 0.15) is 0 Å². The molecule has 20 heavy (non-hydrogen) atoms. The quantitative estimate of drug-likeness (QED) is 0.781. The van der Waals surface area contributed by atoms with E-state index in [2.05, 4.69) is 0 Å². The van der Waals surface area contributed by atoms with Crippen LogP contribution in [0.2, 0.25) is 0 Å². The van der Waals surface area contributed by atoms with Crippen LogP contribution in [-0.2, 0) is 10.0 Å². The van der Waals surface area contributed by atoms with Gasteiger partial charge in [0.25, 0.3) is 10.0 Å². The number of aldehydes is 1. The topological polar surface area (TPSA) is 67.6 Å². The van der Waals surface area contributed by atoms with Crippen molar-refractivity contribution < 1.29 is 17.6 Å². The lowest BCUT2D eigenvalue weighted by atomic mass is 9.89. The van der Waals surface area contributed by atoms with Gasteiger partial charge in [-0.2, -0.15) is 4.31 Å². The van der Waals surface area contributed by atoms with E-state index in [-0.39, 0.29) is 10.9 Å². The van der Waals surface area contributed by atoms with Gasteiger partial charge in [0.05, 0.1) is 0 Å². The number of carbonyl (C=O) groups excluding carboxylic acids is 1. The maximum Gasteiger partial charge on any atom is 0.276 e. The molecule has 3 unspecified atom stereocenters. The highest BCUT2D eigenvalue weighted by atomic mass is 32.2. The predicted molar refractivity (Wildman–Crippen MR) is 72.8 cm³/mol. The first-order chi connectivity index (χ1) is 9.50. The van der Waals surface area contributed by atoms with Gasteiger partial charge in [-0.1, -0.05) is 6.42 Å². The molecule has 0 radical (unpaired) electrons. The zero-order chi connectivity index (χ0) is 14.3. The molecular formula is C14H19NO4S. The Balaban J connectivity index is 1.72. The molecule has 2 aliphatic rings. The van der Waals surface area contributed by atoms with Crippen LogP contribution in [-0.4, -0.2) is 32.6 Å². The van der Waals surface area contributed by atoms with E-state index in [0.29, 0.717) is 24.7 Å². The van der Waals surface area contributed by atoms with Gasteiger partial charge in [0, 0.05) is 13.6 Å². The number of nitrogens with zero attached hydrogens (tertiary/aromatic N) is 1. The molecule has 2 fully saturated rings. The maximum absolute atomic E-state index is 12.4. The Morgan fingerprint density at radius 1 is 1.35 bits per heavy atom. The minimum Gasteiger partial charge on any atom is -0.440 e. The molecule has 3 atom stereocenters. The number of rotatable bonds is 5. The van der Waals surface area contributed by atoms with Crippen molar-refractivity contribution in [3.05, 3.63) is 17.9 Å². The van der Waals surface area contributed by atoms with Gasteiger partial charge in [-0.25, -0.2) is 8.42 Å². The standard InChI is InChI=1S/C14H19NO4S/c1-15(8-12-7-10-2-3-11(12)6-10)20(17,18)14-5-4-13(9-16)19-14/h4-5,9-12H,2-3,6-8H2,1H3. The van der Waals surface area contributed by atoms with Crippen LogP contribution >= 0.6 is 0 Å². The Morgan fingerprint density at radius 3 is 2.70 bits per heavy atom. The molecule has 2 bridgehead atoms. The summed E-state index contributed by atoms with van der Waals surface area (Å²) in [4.78, 5) is 10.6. The van der Waals surface area contributed by atoms with Crippen molar-refractivity contribution in [2.45, 2.75) is 30.8 Å². The number of hydrogen-bond donors (Lipinski definition) is 0. The third-order valence-electron chi connectivity index (χ3n) is 4.76. The summed E-state index contributed by atoms with van der Waals surface area (Å²) in [5.74, 6) is 1.98. The van der Waals surface area contributed by atoms with E-state index in [1.54, 1.807) is 7.05 Å². The number of fused-ring (bicyclic) bond motifs is 2. The molecule has 0 aliphatic heterocycles. The van der Waals surface area contributed by atoms with Crippen LogP contribution in [0.15, 0.2) is 21.6 Å². The molecule has 6 heteroatoms. The molecule has 0 N–H and O–H groups in total. The lowest BCUT2D eigenvalue weighted by Gasteiger charge is -2.26. The molecule has 0 spiro atoms. The van der Waals surface area contributed by atoms with Crippen molar-refractivity contribution in [3.8, 4) is 0 Å². The van der Waals surface area contributed by atoms with Crippen molar-refractivity contribution in [2.75, 3.05) is 13.6 Å². The number of carbonyl (C=O) groups is 1. The first-order valence-corrected chi connectivity index (χ1v) is 8.46. The fourth-order valence-electron chi connectivity index (χ4n) is 3.72. The van der Waals surface area contributed by atoms with E-state index in [9.17, 15) is 13.2 Å². The monoisotopic (exact) mass is 297 g/mol. The summed E-state index contributed by atoms with van der Waals surface area (Å²) in [5.41, 5.74) is 0. The summed E-state index contributed by atoms with van der Waals surface area (Å²) in [6.07, 6.45) is 5.45. The SMILES string of the molecule is CN(CC1CC2CCC1C2)S(=O)(=O)c1ccc(C=O)o1. The molecule has 1 heterocycles. The van der Waals surface area contributed by atoms with E-state index < -0.39 is 10.0 Å². The normalized spacial score (nSPS) is 29.2. The number of sulfonamides is 1. The van der Waals surface area contributed by atoms with E-state index in [1.807, 2.05) is 0 Å². The third kappa shape index (κ3) is 2.31. The van der Waals surface area contributed by atoms with Gasteiger partial charge in [-0.3, -0.25) is 4.79 Å². The van der Waals surface area contributed by atoms with Gasteiger partial charge < -0.3 is 4.42 Å². The van der Waals surface area contributed by atoms with Gasteiger partial charge in [0.15, 0.2) is 12.0 Å². The highest BCUT2D eigenvalue weighted by Gasteiger charge is 2.41. The van der Waals surface area contributed by atoms with Gasteiger partial charge in [0.2, 0.25) is 5.09 Å². The Morgan fingerprint density at radius 2 is 2.15 bits per heavy atom. The first-order valence-electron chi connectivity index (χ1n) is 7.02. The maximum atomic E-state index is 12.4. The van der Waals surface area contributed by atoms with E-state index >= 15 is 0 Å². The molecule has 1 aromatic rings. The second-order valence-corrected chi connectivity index (χ2v) is 7.97. The molecule has 2 saturated carbocycles. The van der Waals surface area contributed by atoms with E-state index in [4.69, 9.17) is 4.42 Å². The van der Waals surface area contributed by atoms with Crippen molar-refractivity contribution in [2.24, 2.45) is 17.8 Å². The van der Waals surface area contributed by atoms with Crippen LogP contribution in [0.3, 0.4) is 0 Å². The van der Waals surface area contributed by atoms with Crippen molar-refractivity contribution in [1.29, 1.82) is 0 Å². The Labute approximate surface area is 119 Å².